The molecule has 0 fully saturated rings. The van der Waals surface area contributed by atoms with Gasteiger partial charge in [0.05, 0.1) is 0 Å². The van der Waals surface area contributed by atoms with Crippen LogP contribution in [0.25, 0.3) is 11.5 Å². The Labute approximate surface area is 104 Å². The zero-order valence-corrected chi connectivity index (χ0v) is 9.80. The summed E-state index contributed by atoms with van der Waals surface area (Å²) in [5, 5.41) is 10.2. The molecule has 18 heavy (non-hydrogen) atoms. The molecule has 0 atom stereocenters. The SMILES string of the molecule is NCCCC(=O)Nc1cccc(-c2nnco2)c1. The van der Waals surface area contributed by atoms with Crippen LogP contribution in [-0.2, 0) is 4.79 Å². The van der Waals surface area contributed by atoms with Gasteiger partial charge in [-0.05, 0) is 31.2 Å². The second-order valence-electron chi connectivity index (χ2n) is 3.77. The predicted octanol–water partition coefficient (Wildman–Crippen LogP) is 1.41. The van der Waals surface area contributed by atoms with Gasteiger partial charge < -0.3 is 15.5 Å². The molecular formula is C12H14N4O2. The molecule has 1 amide bonds. The van der Waals surface area contributed by atoms with Crippen molar-refractivity contribution < 1.29 is 9.21 Å². The standard InChI is InChI=1S/C12H14N4O2/c13-6-2-5-11(17)15-10-4-1-3-9(7-10)12-16-14-8-18-12/h1,3-4,7-8H,2,5-6,13H2,(H,15,17). The highest BCUT2D eigenvalue weighted by atomic mass is 16.4. The number of hydrogen-bond acceptors (Lipinski definition) is 5. The fourth-order valence-electron chi connectivity index (χ4n) is 1.51. The summed E-state index contributed by atoms with van der Waals surface area (Å²) in [6, 6.07) is 7.25. The minimum Gasteiger partial charge on any atom is -0.423 e. The van der Waals surface area contributed by atoms with Gasteiger partial charge in [-0.3, -0.25) is 4.79 Å². The van der Waals surface area contributed by atoms with Crippen LogP contribution < -0.4 is 11.1 Å². The van der Waals surface area contributed by atoms with Crippen molar-refractivity contribution in [2.75, 3.05) is 11.9 Å². The van der Waals surface area contributed by atoms with Crippen molar-refractivity contribution in [3.05, 3.63) is 30.7 Å². The summed E-state index contributed by atoms with van der Waals surface area (Å²) in [6.07, 6.45) is 2.36. The third kappa shape index (κ3) is 3.14. The summed E-state index contributed by atoms with van der Waals surface area (Å²) in [7, 11) is 0. The average molecular weight is 246 g/mol. The lowest BCUT2D eigenvalue weighted by Gasteiger charge is -2.05. The van der Waals surface area contributed by atoms with E-state index < -0.39 is 0 Å². The van der Waals surface area contributed by atoms with Crippen LogP contribution in [0.15, 0.2) is 35.1 Å². The molecule has 0 spiro atoms. The van der Waals surface area contributed by atoms with Crippen molar-refractivity contribution in [2.24, 2.45) is 5.73 Å². The molecule has 6 heteroatoms. The van der Waals surface area contributed by atoms with E-state index in [1.807, 2.05) is 12.1 Å². The average Bonchev–Trinajstić information content (AvgIpc) is 2.90. The number of rotatable bonds is 5. The number of amides is 1. The molecule has 6 nitrogen and oxygen atoms in total. The Bertz CT molecular complexity index is 511. The van der Waals surface area contributed by atoms with Crippen LogP contribution in [0.4, 0.5) is 5.69 Å². The first-order valence-electron chi connectivity index (χ1n) is 5.66. The summed E-state index contributed by atoms with van der Waals surface area (Å²) >= 11 is 0. The number of nitrogens with zero attached hydrogens (tertiary/aromatic N) is 2. The van der Waals surface area contributed by atoms with Crippen LogP contribution in [-0.4, -0.2) is 22.6 Å². The molecule has 0 aliphatic carbocycles. The van der Waals surface area contributed by atoms with Gasteiger partial charge in [-0.1, -0.05) is 6.07 Å². The Kier molecular flexibility index (Phi) is 4.03. The molecule has 1 aromatic heterocycles. The highest BCUT2D eigenvalue weighted by molar-refractivity contribution is 5.91. The van der Waals surface area contributed by atoms with Gasteiger partial charge in [-0.2, -0.15) is 0 Å². The number of anilines is 1. The molecule has 0 aliphatic heterocycles. The quantitative estimate of drug-likeness (QED) is 0.831. The molecule has 1 heterocycles. The molecule has 2 rings (SSSR count). The zero-order chi connectivity index (χ0) is 12.8. The van der Waals surface area contributed by atoms with E-state index in [2.05, 4.69) is 15.5 Å². The number of aromatic nitrogens is 2. The van der Waals surface area contributed by atoms with E-state index in [1.165, 1.54) is 6.39 Å². The van der Waals surface area contributed by atoms with Crippen LogP contribution in [0.1, 0.15) is 12.8 Å². The zero-order valence-electron chi connectivity index (χ0n) is 9.80. The topological polar surface area (TPSA) is 94.0 Å². The Morgan fingerprint density at radius 1 is 1.44 bits per heavy atom. The van der Waals surface area contributed by atoms with Crippen LogP contribution >= 0.6 is 0 Å². The van der Waals surface area contributed by atoms with Crippen molar-refractivity contribution in [1.29, 1.82) is 0 Å². The highest BCUT2D eigenvalue weighted by Crippen LogP contribution is 2.20. The van der Waals surface area contributed by atoms with E-state index in [0.717, 1.165) is 5.56 Å². The summed E-state index contributed by atoms with van der Waals surface area (Å²) in [5.74, 6) is 0.371. The monoisotopic (exact) mass is 246 g/mol. The number of carbonyl (C=O) groups is 1. The molecule has 2 aromatic rings. The van der Waals surface area contributed by atoms with E-state index in [9.17, 15) is 4.79 Å². The molecule has 0 saturated heterocycles. The Morgan fingerprint density at radius 3 is 3.06 bits per heavy atom. The Balaban J connectivity index is 2.06. The van der Waals surface area contributed by atoms with E-state index in [4.69, 9.17) is 10.2 Å². The second-order valence-corrected chi connectivity index (χ2v) is 3.77. The van der Waals surface area contributed by atoms with E-state index in [1.54, 1.807) is 12.1 Å². The van der Waals surface area contributed by atoms with Crippen LogP contribution in [0.5, 0.6) is 0 Å². The van der Waals surface area contributed by atoms with Gasteiger partial charge >= 0.3 is 0 Å². The molecule has 0 saturated carbocycles. The first kappa shape index (κ1) is 12.3. The smallest absolute Gasteiger partial charge is 0.247 e. The first-order valence-corrected chi connectivity index (χ1v) is 5.66. The largest absolute Gasteiger partial charge is 0.423 e. The van der Waals surface area contributed by atoms with Crippen LogP contribution in [0.2, 0.25) is 0 Å². The van der Waals surface area contributed by atoms with Gasteiger partial charge in [0.1, 0.15) is 0 Å². The van der Waals surface area contributed by atoms with Gasteiger partial charge in [0, 0.05) is 17.7 Å². The number of benzene rings is 1. The predicted molar refractivity (Wildman–Crippen MR) is 66.7 cm³/mol. The van der Waals surface area contributed by atoms with Gasteiger partial charge in [-0.15, -0.1) is 10.2 Å². The summed E-state index contributed by atoms with van der Waals surface area (Å²) < 4.78 is 5.09. The molecule has 0 radical (unpaired) electrons. The molecule has 3 N–H and O–H groups in total. The van der Waals surface area contributed by atoms with E-state index >= 15 is 0 Å². The summed E-state index contributed by atoms with van der Waals surface area (Å²) in [5.41, 5.74) is 6.82. The fourth-order valence-corrected chi connectivity index (χ4v) is 1.51. The van der Waals surface area contributed by atoms with Crippen molar-refractivity contribution in [3.63, 3.8) is 0 Å². The van der Waals surface area contributed by atoms with Gasteiger partial charge in [0.25, 0.3) is 0 Å². The summed E-state index contributed by atoms with van der Waals surface area (Å²) in [6.45, 7) is 0.509. The van der Waals surface area contributed by atoms with Crippen LogP contribution in [0, 0.1) is 0 Å². The van der Waals surface area contributed by atoms with Crippen molar-refractivity contribution in [1.82, 2.24) is 10.2 Å². The number of nitrogens with one attached hydrogen (secondary N) is 1. The maximum absolute atomic E-state index is 11.6. The molecular weight excluding hydrogens is 232 g/mol. The molecule has 0 unspecified atom stereocenters. The highest BCUT2D eigenvalue weighted by Gasteiger charge is 2.06. The van der Waals surface area contributed by atoms with Crippen molar-refractivity contribution in [3.8, 4) is 11.5 Å². The lowest BCUT2D eigenvalue weighted by Crippen LogP contribution is -2.13. The molecule has 0 bridgehead atoms. The van der Waals surface area contributed by atoms with E-state index in [-0.39, 0.29) is 5.91 Å². The Hall–Kier alpha value is -2.21. The van der Waals surface area contributed by atoms with E-state index in [0.29, 0.717) is 31.0 Å². The minimum absolute atomic E-state index is 0.0527. The fraction of sp³-hybridized carbons (Fsp3) is 0.250. The normalized spacial score (nSPS) is 10.3. The van der Waals surface area contributed by atoms with Crippen molar-refractivity contribution in [2.45, 2.75) is 12.8 Å². The minimum atomic E-state index is -0.0527. The lowest BCUT2D eigenvalue weighted by molar-refractivity contribution is -0.116. The van der Waals surface area contributed by atoms with Crippen molar-refractivity contribution >= 4 is 11.6 Å². The van der Waals surface area contributed by atoms with Gasteiger partial charge in [0.15, 0.2) is 0 Å². The third-order valence-electron chi connectivity index (χ3n) is 2.36. The summed E-state index contributed by atoms with van der Waals surface area (Å²) in [4.78, 5) is 11.6. The lowest BCUT2D eigenvalue weighted by atomic mass is 10.2. The van der Waals surface area contributed by atoms with Crippen LogP contribution in [0.3, 0.4) is 0 Å². The number of hydrogen-bond donors (Lipinski definition) is 2. The number of carbonyl (C=O) groups excluding carboxylic acids is 1. The number of nitrogens with two attached hydrogens (primary N) is 1. The Morgan fingerprint density at radius 2 is 2.33 bits per heavy atom. The molecule has 94 valence electrons. The molecule has 0 aliphatic rings. The first-order chi connectivity index (χ1) is 8.79. The van der Waals surface area contributed by atoms with Gasteiger partial charge in [-0.25, -0.2) is 0 Å². The second kappa shape index (κ2) is 5.92. The van der Waals surface area contributed by atoms with Gasteiger partial charge in [0.2, 0.25) is 18.2 Å². The maximum atomic E-state index is 11.6. The molecule has 1 aromatic carbocycles. The maximum Gasteiger partial charge on any atom is 0.247 e. The third-order valence-corrected chi connectivity index (χ3v) is 2.36.